The van der Waals surface area contributed by atoms with Crippen molar-refractivity contribution in [3.05, 3.63) is 27.1 Å². The third-order valence-electron chi connectivity index (χ3n) is 1.28. The van der Waals surface area contributed by atoms with E-state index < -0.39 is 4.92 Å². The lowest BCUT2D eigenvalue weighted by Gasteiger charge is -1.87. The Morgan fingerprint density at radius 1 is 1.75 bits per heavy atom. The zero-order chi connectivity index (χ0) is 9.14. The average molecular weight is 186 g/mol. The summed E-state index contributed by atoms with van der Waals surface area (Å²) < 4.78 is 0. The summed E-state index contributed by atoms with van der Waals surface area (Å²) in [7, 11) is 0. The first-order valence-corrected chi connectivity index (χ1v) is 3.90. The summed E-state index contributed by atoms with van der Waals surface area (Å²) in [6.45, 7) is 1.58. The van der Waals surface area contributed by atoms with Crippen molar-refractivity contribution < 1.29 is 10.1 Å². The van der Waals surface area contributed by atoms with E-state index >= 15 is 0 Å². The van der Waals surface area contributed by atoms with Crippen LogP contribution in [-0.4, -0.2) is 15.8 Å². The molecule has 0 fully saturated rings. The van der Waals surface area contributed by atoms with Crippen LogP contribution >= 0.6 is 11.3 Å². The van der Waals surface area contributed by atoms with Crippen molar-refractivity contribution in [3.63, 3.8) is 0 Å². The Hall–Kier alpha value is -1.43. The Morgan fingerprint density at radius 2 is 2.42 bits per heavy atom. The molecular weight excluding hydrogens is 180 g/mol. The number of hydrogen-bond donors (Lipinski definition) is 1. The van der Waals surface area contributed by atoms with Gasteiger partial charge in [-0.05, 0) is 13.0 Å². The van der Waals surface area contributed by atoms with Gasteiger partial charge < -0.3 is 5.21 Å². The van der Waals surface area contributed by atoms with Crippen LogP contribution in [0.1, 0.15) is 11.8 Å². The first-order valence-electron chi connectivity index (χ1n) is 3.08. The molecule has 1 aromatic heterocycles. The molecule has 0 aliphatic carbocycles. The summed E-state index contributed by atoms with van der Waals surface area (Å²) in [6.07, 6.45) is 0. The molecule has 0 saturated carbocycles. The predicted molar refractivity (Wildman–Crippen MR) is 45.0 cm³/mol. The summed E-state index contributed by atoms with van der Waals surface area (Å²) in [4.78, 5) is 10.4. The van der Waals surface area contributed by atoms with Gasteiger partial charge in [0.15, 0.2) is 0 Å². The summed E-state index contributed by atoms with van der Waals surface area (Å²) >= 11 is 0.984. The highest BCUT2D eigenvalue weighted by Gasteiger charge is 2.10. The van der Waals surface area contributed by atoms with Crippen LogP contribution in [0.4, 0.5) is 5.00 Å². The molecule has 0 amide bonds. The van der Waals surface area contributed by atoms with Crippen molar-refractivity contribution >= 4 is 22.0 Å². The van der Waals surface area contributed by atoms with Gasteiger partial charge in [0.25, 0.3) is 0 Å². The molecule has 0 spiro atoms. The second-order valence-corrected chi connectivity index (χ2v) is 3.14. The number of hydrogen-bond acceptors (Lipinski definition) is 5. The Balaban J connectivity index is 2.99. The monoisotopic (exact) mass is 186 g/mol. The Morgan fingerprint density at radius 3 is 2.83 bits per heavy atom. The molecule has 0 atom stereocenters. The molecule has 12 heavy (non-hydrogen) atoms. The highest BCUT2D eigenvalue weighted by Crippen LogP contribution is 2.24. The van der Waals surface area contributed by atoms with Crippen LogP contribution < -0.4 is 0 Å². The molecule has 0 aliphatic heterocycles. The van der Waals surface area contributed by atoms with E-state index in [-0.39, 0.29) is 5.00 Å². The van der Waals surface area contributed by atoms with Crippen molar-refractivity contribution in [2.24, 2.45) is 5.16 Å². The number of rotatable bonds is 2. The summed E-state index contributed by atoms with van der Waals surface area (Å²) in [5.41, 5.74) is 0.383. The molecule has 0 aromatic carbocycles. The quantitative estimate of drug-likeness (QED) is 0.331. The maximum absolute atomic E-state index is 10.2. The number of nitro groups is 1. The van der Waals surface area contributed by atoms with Gasteiger partial charge in [0.05, 0.1) is 15.5 Å². The third kappa shape index (κ3) is 1.59. The van der Waals surface area contributed by atoms with Gasteiger partial charge >= 0.3 is 5.00 Å². The molecule has 0 radical (unpaired) electrons. The van der Waals surface area contributed by atoms with Crippen molar-refractivity contribution in [2.45, 2.75) is 6.92 Å². The molecule has 64 valence electrons. The summed E-state index contributed by atoms with van der Waals surface area (Å²) in [5, 5.41) is 21.6. The van der Waals surface area contributed by atoms with Crippen molar-refractivity contribution in [1.29, 1.82) is 0 Å². The predicted octanol–water partition coefficient (Wildman–Crippen LogP) is 1.85. The van der Waals surface area contributed by atoms with Crippen LogP contribution in [0.25, 0.3) is 0 Å². The smallest absolute Gasteiger partial charge is 0.324 e. The van der Waals surface area contributed by atoms with Crippen molar-refractivity contribution in [1.82, 2.24) is 0 Å². The summed E-state index contributed by atoms with van der Waals surface area (Å²) in [6, 6.07) is 2.94. The molecule has 5 nitrogen and oxygen atoms in total. The zero-order valence-electron chi connectivity index (χ0n) is 6.22. The normalized spacial score (nSPS) is 11.6. The molecule has 0 unspecified atom stereocenters. The molecular formula is C6H6N2O3S. The van der Waals surface area contributed by atoms with Crippen LogP contribution in [0.5, 0.6) is 0 Å². The maximum Gasteiger partial charge on any atom is 0.324 e. The van der Waals surface area contributed by atoms with E-state index in [1.807, 2.05) is 0 Å². The summed E-state index contributed by atoms with van der Waals surface area (Å²) in [5.74, 6) is 0. The van der Waals surface area contributed by atoms with Crippen molar-refractivity contribution in [2.75, 3.05) is 0 Å². The lowest BCUT2D eigenvalue weighted by atomic mass is 10.3. The average Bonchev–Trinajstić information content (AvgIpc) is 2.51. The van der Waals surface area contributed by atoms with E-state index in [9.17, 15) is 10.1 Å². The molecule has 1 N–H and O–H groups in total. The van der Waals surface area contributed by atoms with E-state index in [1.54, 1.807) is 13.0 Å². The van der Waals surface area contributed by atoms with Crippen LogP contribution in [0.2, 0.25) is 0 Å². The molecule has 0 bridgehead atoms. The van der Waals surface area contributed by atoms with Crippen LogP contribution in [-0.2, 0) is 0 Å². The molecule has 1 rings (SSSR count). The van der Waals surface area contributed by atoms with E-state index in [1.165, 1.54) is 6.07 Å². The van der Waals surface area contributed by atoms with Crippen LogP contribution in [0.3, 0.4) is 0 Å². The topological polar surface area (TPSA) is 75.7 Å². The number of thiophene rings is 1. The highest BCUT2D eigenvalue weighted by molar-refractivity contribution is 7.17. The minimum atomic E-state index is -0.473. The van der Waals surface area contributed by atoms with E-state index in [0.29, 0.717) is 10.6 Å². The zero-order valence-corrected chi connectivity index (χ0v) is 7.04. The van der Waals surface area contributed by atoms with Gasteiger partial charge in [-0.15, -0.1) is 0 Å². The fourth-order valence-electron chi connectivity index (χ4n) is 0.670. The lowest BCUT2D eigenvalue weighted by molar-refractivity contribution is -0.380. The molecule has 0 aliphatic rings. The number of nitrogens with zero attached hydrogens (tertiary/aromatic N) is 2. The maximum atomic E-state index is 10.2. The second kappa shape index (κ2) is 3.31. The van der Waals surface area contributed by atoms with E-state index in [4.69, 9.17) is 5.21 Å². The largest absolute Gasteiger partial charge is 0.411 e. The molecule has 1 aromatic rings. The van der Waals surface area contributed by atoms with Gasteiger partial charge in [0.2, 0.25) is 0 Å². The fourth-order valence-corrected chi connectivity index (χ4v) is 1.43. The minimum Gasteiger partial charge on any atom is -0.411 e. The third-order valence-corrected chi connectivity index (χ3v) is 2.42. The molecule has 0 saturated heterocycles. The van der Waals surface area contributed by atoms with Gasteiger partial charge in [-0.25, -0.2) is 0 Å². The second-order valence-electron chi connectivity index (χ2n) is 2.08. The van der Waals surface area contributed by atoms with Gasteiger partial charge in [-0.1, -0.05) is 16.5 Å². The standard InChI is InChI=1S/C6H6N2O3S/c1-4(7-9)5-2-3-6(12-5)8(10)11/h2-3,9H,1H3/b7-4-. The Bertz CT molecular complexity index is 331. The molecule has 6 heteroatoms. The highest BCUT2D eigenvalue weighted by atomic mass is 32.1. The van der Waals surface area contributed by atoms with E-state index in [2.05, 4.69) is 5.16 Å². The first kappa shape index (κ1) is 8.66. The first-order chi connectivity index (χ1) is 5.65. The Kier molecular flexibility index (Phi) is 2.39. The van der Waals surface area contributed by atoms with Gasteiger partial charge in [0.1, 0.15) is 0 Å². The fraction of sp³-hybridized carbons (Fsp3) is 0.167. The van der Waals surface area contributed by atoms with Crippen LogP contribution in [0.15, 0.2) is 17.3 Å². The van der Waals surface area contributed by atoms with E-state index in [0.717, 1.165) is 11.3 Å². The molecule has 1 heterocycles. The van der Waals surface area contributed by atoms with Gasteiger partial charge in [0, 0.05) is 6.07 Å². The van der Waals surface area contributed by atoms with Gasteiger partial charge in [-0.3, -0.25) is 10.1 Å². The van der Waals surface area contributed by atoms with Crippen molar-refractivity contribution in [3.8, 4) is 0 Å². The van der Waals surface area contributed by atoms with Gasteiger partial charge in [-0.2, -0.15) is 0 Å². The van der Waals surface area contributed by atoms with Crippen LogP contribution in [0, 0.1) is 10.1 Å². The number of oxime groups is 1. The Labute approximate surface area is 72.1 Å². The minimum absolute atomic E-state index is 0.0491. The SMILES string of the molecule is C/C(=N/O)c1ccc([N+](=O)[O-])s1. The lowest BCUT2D eigenvalue weighted by Crippen LogP contribution is -1.88.